The number of methoxy groups -OCH3 is 1. The Morgan fingerprint density at radius 2 is 1.84 bits per heavy atom. The van der Waals surface area contributed by atoms with Crippen LogP contribution in [0, 0.1) is 0 Å². The maximum atomic E-state index is 12.3. The molecular formula is C23H25N3O5. The van der Waals surface area contributed by atoms with Crippen molar-refractivity contribution in [2.75, 3.05) is 7.11 Å². The van der Waals surface area contributed by atoms with Crippen molar-refractivity contribution >= 4 is 11.8 Å². The number of nitrogens with one attached hydrogen (secondary N) is 2. The number of rotatable bonds is 8. The minimum absolute atomic E-state index is 0.0275. The quantitative estimate of drug-likeness (QED) is 0.538. The smallest absolute Gasteiger partial charge is 0.269 e. The summed E-state index contributed by atoms with van der Waals surface area (Å²) in [5.41, 5.74) is 6.03. The molecule has 0 bridgehead atoms. The zero-order chi connectivity index (χ0) is 22.2. The van der Waals surface area contributed by atoms with Crippen molar-refractivity contribution in [1.29, 1.82) is 0 Å². The molecule has 1 aromatic heterocycles. The van der Waals surface area contributed by atoms with E-state index in [-0.39, 0.29) is 18.4 Å². The van der Waals surface area contributed by atoms with Gasteiger partial charge < -0.3 is 13.9 Å². The van der Waals surface area contributed by atoms with Gasteiger partial charge in [0, 0.05) is 24.0 Å². The molecule has 8 heteroatoms. The van der Waals surface area contributed by atoms with Gasteiger partial charge in [-0.1, -0.05) is 30.3 Å². The van der Waals surface area contributed by atoms with E-state index in [2.05, 4.69) is 15.8 Å². The average Bonchev–Trinajstić information content (AvgIpc) is 3.25. The van der Waals surface area contributed by atoms with Gasteiger partial charge in [0.15, 0.2) is 23.1 Å². The first-order valence-corrected chi connectivity index (χ1v) is 9.90. The summed E-state index contributed by atoms with van der Waals surface area (Å²) in [5.74, 6) is 1.24. The van der Waals surface area contributed by atoms with E-state index in [1.165, 1.54) is 7.11 Å². The predicted octanol–water partition coefficient (Wildman–Crippen LogP) is 3.53. The maximum absolute atomic E-state index is 12.3. The Labute approximate surface area is 180 Å². The van der Waals surface area contributed by atoms with Crippen LogP contribution < -0.4 is 20.3 Å². The molecule has 31 heavy (non-hydrogen) atoms. The summed E-state index contributed by atoms with van der Waals surface area (Å²) < 4.78 is 16.6. The number of oxazole rings is 1. The Balaban J connectivity index is 1.49. The van der Waals surface area contributed by atoms with Gasteiger partial charge in [-0.2, -0.15) is 0 Å². The van der Waals surface area contributed by atoms with E-state index < -0.39 is 5.91 Å². The second kappa shape index (κ2) is 10.3. The van der Waals surface area contributed by atoms with Crippen molar-refractivity contribution in [2.24, 2.45) is 0 Å². The number of hydrogen-bond acceptors (Lipinski definition) is 6. The van der Waals surface area contributed by atoms with Crippen LogP contribution >= 0.6 is 0 Å². The summed E-state index contributed by atoms with van der Waals surface area (Å²) in [6.45, 7) is 3.80. The number of carbonyl (C=O) groups is 2. The van der Waals surface area contributed by atoms with Crippen molar-refractivity contribution in [3.8, 4) is 22.8 Å². The van der Waals surface area contributed by atoms with Crippen LogP contribution in [0.25, 0.3) is 11.3 Å². The van der Waals surface area contributed by atoms with Gasteiger partial charge >= 0.3 is 0 Å². The van der Waals surface area contributed by atoms with Crippen LogP contribution in [0.5, 0.6) is 11.5 Å². The van der Waals surface area contributed by atoms with Crippen molar-refractivity contribution in [2.45, 2.75) is 32.8 Å². The Kier molecular flexibility index (Phi) is 7.26. The topological polar surface area (TPSA) is 103 Å². The summed E-state index contributed by atoms with van der Waals surface area (Å²) in [6.07, 6.45) is 2.02. The van der Waals surface area contributed by atoms with Crippen LogP contribution in [0.4, 0.5) is 0 Å². The summed E-state index contributed by atoms with van der Waals surface area (Å²) in [4.78, 5) is 28.6. The van der Waals surface area contributed by atoms with Crippen molar-refractivity contribution < 1.29 is 23.5 Å². The molecule has 0 radical (unpaired) electrons. The van der Waals surface area contributed by atoms with E-state index in [4.69, 9.17) is 13.9 Å². The fraction of sp³-hybridized carbons (Fsp3) is 0.261. The van der Waals surface area contributed by atoms with Crippen molar-refractivity contribution in [3.63, 3.8) is 0 Å². The number of aromatic nitrogens is 1. The molecule has 0 spiro atoms. The predicted molar refractivity (Wildman–Crippen MR) is 115 cm³/mol. The first-order valence-electron chi connectivity index (χ1n) is 9.90. The molecule has 0 fully saturated rings. The van der Waals surface area contributed by atoms with Crippen molar-refractivity contribution in [3.05, 3.63) is 66.2 Å². The molecule has 0 saturated carbocycles. The monoisotopic (exact) mass is 423 g/mol. The first kappa shape index (κ1) is 21.9. The molecule has 0 saturated heterocycles. The summed E-state index contributed by atoms with van der Waals surface area (Å²) in [7, 11) is 1.50. The molecule has 0 unspecified atom stereocenters. The van der Waals surface area contributed by atoms with Gasteiger partial charge in [-0.3, -0.25) is 20.4 Å². The molecule has 2 amide bonds. The molecule has 8 nitrogen and oxygen atoms in total. The largest absolute Gasteiger partial charge is 0.493 e. The second-order valence-electron chi connectivity index (χ2n) is 7.02. The first-order chi connectivity index (χ1) is 15.0. The summed E-state index contributed by atoms with van der Waals surface area (Å²) in [5, 5.41) is 0. The minimum atomic E-state index is -0.467. The Hall–Kier alpha value is -3.81. The van der Waals surface area contributed by atoms with Crippen LogP contribution in [0.2, 0.25) is 0 Å². The molecule has 1 heterocycles. The van der Waals surface area contributed by atoms with Crippen LogP contribution in [-0.2, 0) is 11.2 Å². The van der Waals surface area contributed by atoms with Crippen LogP contribution in [0.15, 0.2) is 59.1 Å². The Morgan fingerprint density at radius 1 is 1.06 bits per heavy atom. The third-order valence-electron chi connectivity index (χ3n) is 4.28. The molecule has 2 aromatic carbocycles. The SMILES string of the molecule is COc1cc(C(=O)NNC(=O)CCc2ncc(-c3ccccc3)o2)ccc1OC(C)C. The lowest BCUT2D eigenvalue weighted by molar-refractivity contribution is -0.121. The van der Waals surface area contributed by atoms with Crippen LogP contribution in [0.3, 0.4) is 0 Å². The van der Waals surface area contributed by atoms with E-state index in [0.717, 1.165) is 5.56 Å². The zero-order valence-corrected chi connectivity index (χ0v) is 17.7. The molecule has 0 aliphatic carbocycles. The number of carbonyl (C=O) groups excluding carboxylic acids is 2. The number of amides is 2. The van der Waals surface area contributed by atoms with Gasteiger partial charge in [0.05, 0.1) is 19.4 Å². The lowest BCUT2D eigenvalue weighted by atomic mass is 10.2. The van der Waals surface area contributed by atoms with Gasteiger partial charge in [-0.05, 0) is 32.0 Å². The number of hydrazine groups is 1. The highest BCUT2D eigenvalue weighted by atomic mass is 16.5. The fourth-order valence-corrected chi connectivity index (χ4v) is 2.80. The summed E-state index contributed by atoms with van der Waals surface area (Å²) in [6, 6.07) is 14.4. The van der Waals surface area contributed by atoms with Crippen molar-refractivity contribution in [1.82, 2.24) is 15.8 Å². The van der Waals surface area contributed by atoms with Crippen LogP contribution in [-0.4, -0.2) is 30.0 Å². The molecule has 3 aromatic rings. The fourth-order valence-electron chi connectivity index (χ4n) is 2.80. The summed E-state index contributed by atoms with van der Waals surface area (Å²) >= 11 is 0. The highest BCUT2D eigenvalue weighted by Crippen LogP contribution is 2.29. The van der Waals surface area contributed by atoms with Gasteiger partial charge in [0.25, 0.3) is 5.91 Å². The van der Waals surface area contributed by atoms with E-state index >= 15 is 0 Å². The third kappa shape index (κ3) is 6.08. The average molecular weight is 423 g/mol. The lowest BCUT2D eigenvalue weighted by Crippen LogP contribution is -2.41. The number of hydrogen-bond donors (Lipinski definition) is 2. The zero-order valence-electron chi connectivity index (χ0n) is 17.7. The lowest BCUT2D eigenvalue weighted by Gasteiger charge is -2.14. The minimum Gasteiger partial charge on any atom is -0.493 e. The number of nitrogens with zero attached hydrogens (tertiary/aromatic N) is 1. The standard InChI is InChI=1S/C23H25N3O5/c1-15(2)30-18-10-9-17(13-19(18)29-3)23(28)26-25-21(27)11-12-22-24-14-20(31-22)16-7-5-4-6-8-16/h4-10,13-15H,11-12H2,1-3H3,(H,25,27)(H,26,28). The Morgan fingerprint density at radius 3 is 2.55 bits per heavy atom. The molecule has 0 aliphatic rings. The highest BCUT2D eigenvalue weighted by Gasteiger charge is 2.14. The molecule has 3 rings (SSSR count). The van der Waals surface area contributed by atoms with Crippen LogP contribution in [0.1, 0.15) is 36.5 Å². The second-order valence-corrected chi connectivity index (χ2v) is 7.02. The van der Waals surface area contributed by atoms with E-state index in [1.807, 2.05) is 44.2 Å². The van der Waals surface area contributed by atoms with Gasteiger partial charge in [0.1, 0.15) is 0 Å². The molecule has 162 valence electrons. The molecule has 2 N–H and O–H groups in total. The van der Waals surface area contributed by atoms with Gasteiger partial charge in [0.2, 0.25) is 5.91 Å². The van der Waals surface area contributed by atoms with Gasteiger partial charge in [-0.15, -0.1) is 0 Å². The number of ether oxygens (including phenoxy) is 2. The highest BCUT2D eigenvalue weighted by molar-refractivity contribution is 5.96. The number of benzene rings is 2. The van der Waals surface area contributed by atoms with E-state index in [1.54, 1.807) is 24.4 Å². The van der Waals surface area contributed by atoms with E-state index in [0.29, 0.717) is 35.1 Å². The molecular weight excluding hydrogens is 398 g/mol. The molecule has 0 aliphatic heterocycles. The van der Waals surface area contributed by atoms with Gasteiger partial charge in [-0.25, -0.2) is 4.98 Å². The van der Waals surface area contributed by atoms with E-state index in [9.17, 15) is 9.59 Å². The Bertz CT molecular complexity index is 1030. The normalized spacial score (nSPS) is 10.6. The molecule has 0 atom stereocenters. The number of aryl methyl sites for hydroxylation is 1. The maximum Gasteiger partial charge on any atom is 0.269 e. The third-order valence-corrected chi connectivity index (χ3v) is 4.28.